The number of methoxy groups -OCH3 is 1. The van der Waals surface area contributed by atoms with Gasteiger partial charge >= 0.3 is 0 Å². The second kappa shape index (κ2) is 7.19. The minimum absolute atomic E-state index is 0.753. The Morgan fingerprint density at radius 1 is 1.42 bits per heavy atom. The molecule has 0 spiro atoms. The highest BCUT2D eigenvalue weighted by atomic mass is 16.5. The van der Waals surface area contributed by atoms with E-state index < -0.39 is 0 Å². The molecule has 1 N–H and O–H groups in total. The van der Waals surface area contributed by atoms with Gasteiger partial charge in [0, 0.05) is 0 Å². The van der Waals surface area contributed by atoms with Crippen LogP contribution in [0.15, 0.2) is 30.9 Å². The first-order chi connectivity index (χ1) is 9.33. The Bertz CT molecular complexity index is 411. The van der Waals surface area contributed by atoms with Crippen molar-refractivity contribution in [3.05, 3.63) is 36.4 Å². The highest BCUT2D eigenvalue weighted by Gasteiger charge is 2.14. The van der Waals surface area contributed by atoms with Crippen molar-refractivity contribution in [1.29, 1.82) is 0 Å². The van der Waals surface area contributed by atoms with Gasteiger partial charge in [0.25, 0.3) is 0 Å². The van der Waals surface area contributed by atoms with E-state index in [4.69, 9.17) is 9.47 Å². The average molecular weight is 261 g/mol. The molecular weight excluding hydrogens is 238 g/mol. The van der Waals surface area contributed by atoms with Gasteiger partial charge in [-0.1, -0.05) is 12.1 Å². The molecule has 1 unspecified atom stereocenters. The average Bonchev–Trinajstić information content (AvgIpc) is 2.93. The number of ether oxygens (including phenoxy) is 2. The van der Waals surface area contributed by atoms with Gasteiger partial charge in [-0.25, -0.2) is 0 Å². The van der Waals surface area contributed by atoms with E-state index in [1.165, 1.54) is 12.0 Å². The molecule has 104 valence electrons. The summed E-state index contributed by atoms with van der Waals surface area (Å²) >= 11 is 0. The minimum Gasteiger partial charge on any atom is -0.493 e. The maximum absolute atomic E-state index is 5.84. The van der Waals surface area contributed by atoms with E-state index in [9.17, 15) is 0 Å². The molecule has 1 aliphatic rings. The Morgan fingerprint density at radius 2 is 2.32 bits per heavy atom. The van der Waals surface area contributed by atoms with E-state index in [0.29, 0.717) is 0 Å². The highest BCUT2D eigenvalue weighted by molar-refractivity contribution is 5.43. The molecule has 1 aromatic rings. The Morgan fingerprint density at radius 3 is 3.00 bits per heavy atom. The summed E-state index contributed by atoms with van der Waals surface area (Å²) in [7, 11) is 1.68. The Labute approximate surface area is 115 Å². The van der Waals surface area contributed by atoms with Crippen LogP contribution < -0.4 is 14.8 Å². The number of nitrogens with one attached hydrogen (secondary N) is 1. The lowest BCUT2D eigenvalue weighted by Gasteiger charge is -2.13. The Hall–Kier alpha value is -1.48. The van der Waals surface area contributed by atoms with Gasteiger partial charge < -0.3 is 14.8 Å². The van der Waals surface area contributed by atoms with Crippen molar-refractivity contribution < 1.29 is 9.47 Å². The van der Waals surface area contributed by atoms with Crippen LogP contribution in [-0.2, 0) is 6.42 Å². The van der Waals surface area contributed by atoms with Gasteiger partial charge in [0.05, 0.1) is 13.7 Å². The summed E-state index contributed by atoms with van der Waals surface area (Å²) in [5, 5.41) is 3.38. The molecule has 0 aliphatic carbocycles. The molecule has 1 atom stereocenters. The number of rotatable bonds is 7. The quantitative estimate of drug-likeness (QED) is 0.766. The highest BCUT2D eigenvalue weighted by Crippen LogP contribution is 2.28. The SMILES string of the molecule is C=CCc1ccc(OCCC2CCNC2)c(OC)c1. The third-order valence-corrected chi connectivity index (χ3v) is 3.55. The van der Waals surface area contributed by atoms with Crippen LogP contribution in [-0.4, -0.2) is 26.8 Å². The maximum Gasteiger partial charge on any atom is 0.161 e. The fourth-order valence-electron chi connectivity index (χ4n) is 2.42. The molecule has 19 heavy (non-hydrogen) atoms. The van der Waals surface area contributed by atoms with E-state index in [2.05, 4.69) is 18.0 Å². The molecule has 0 amide bonds. The Kier molecular flexibility index (Phi) is 5.28. The van der Waals surface area contributed by atoms with E-state index in [1.807, 2.05) is 18.2 Å². The van der Waals surface area contributed by atoms with Crippen molar-refractivity contribution in [1.82, 2.24) is 5.32 Å². The van der Waals surface area contributed by atoms with Crippen LogP contribution in [0.5, 0.6) is 11.5 Å². The second-order valence-electron chi connectivity index (χ2n) is 4.97. The molecule has 3 heteroatoms. The lowest BCUT2D eigenvalue weighted by molar-refractivity contribution is 0.268. The van der Waals surface area contributed by atoms with E-state index in [-0.39, 0.29) is 0 Å². The van der Waals surface area contributed by atoms with Crippen molar-refractivity contribution in [3.8, 4) is 11.5 Å². The zero-order chi connectivity index (χ0) is 13.5. The van der Waals surface area contributed by atoms with Crippen molar-refractivity contribution in [2.45, 2.75) is 19.3 Å². The lowest BCUT2D eigenvalue weighted by Crippen LogP contribution is -2.11. The lowest BCUT2D eigenvalue weighted by atomic mass is 10.1. The summed E-state index contributed by atoms with van der Waals surface area (Å²) in [5.74, 6) is 2.40. The van der Waals surface area contributed by atoms with Gasteiger partial charge in [-0.3, -0.25) is 0 Å². The fourth-order valence-corrected chi connectivity index (χ4v) is 2.42. The number of allylic oxidation sites excluding steroid dienone is 1. The first-order valence-electron chi connectivity index (χ1n) is 6.95. The predicted octanol–water partition coefficient (Wildman–Crippen LogP) is 2.80. The van der Waals surface area contributed by atoms with Crippen LogP contribution in [0.3, 0.4) is 0 Å². The molecule has 2 rings (SSSR count). The van der Waals surface area contributed by atoms with Crippen LogP contribution in [0, 0.1) is 5.92 Å². The molecule has 0 aromatic heterocycles. The van der Waals surface area contributed by atoms with Crippen LogP contribution in [0.4, 0.5) is 0 Å². The van der Waals surface area contributed by atoms with Crippen molar-refractivity contribution >= 4 is 0 Å². The number of benzene rings is 1. The molecule has 1 fully saturated rings. The van der Waals surface area contributed by atoms with Gasteiger partial charge in [0.2, 0.25) is 0 Å². The molecule has 0 radical (unpaired) electrons. The summed E-state index contributed by atoms with van der Waals surface area (Å²) in [5.41, 5.74) is 1.19. The van der Waals surface area contributed by atoms with E-state index in [1.54, 1.807) is 7.11 Å². The predicted molar refractivity (Wildman–Crippen MR) is 78.0 cm³/mol. The van der Waals surface area contributed by atoms with Crippen LogP contribution in [0.1, 0.15) is 18.4 Å². The zero-order valence-corrected chi connectivity index (χ0v) is 11.7. The second-order valence-corrected chi connectivity index (χ2v) is 4.97. The van der Waals surface area contributed by atoms with Gasteiger partial charge in [-0.15, -0.1) is 6.58 Å². The Balaban J connectivity index is 1.89. The topological polar surface area (TPSA) is 30.5 Å². The smallest absolute Gasteiger partial charge is 0.161 e. The summed E-state index contributed by atoms with van der Waals surface area (Å²) in [6.45, 7) is 6.77. The summed E-state index contributed by atoms with van der Waals surface area (Å²) in [6, 6.07) is 6.08. The normalized spacial score (nSPS) is 18.3. The van der Waals surface area contributed by atoms with Crippen LogP contribution in [0.2, 0.25) is 0 Å². The van der Waals surface area contributed by atoms with Gasteiger partial charge in [-0.2, -0.15) is 0 Å². The molecular formula is C16H23NO2. The largest absolute Gasteiger partial charge is 0.493 e. The van der Waals surface area contributed by atoms with Gasteiger partial charge in [0.1, 0.15) is 0 Å². The molecule has 1 saturated heterocycles. The van der Waals surface area contributed by atoms with Crippen molar-refractivity contribution in [2.75, 3.05) is 26.8 Å². The molecule has 1 heterocycles. The molecule has 0 bridgehead atoms. The maximum atomic E-state index is 5.84. The van der Waals surface area contributed by atoms with E-state index in [0.717, 1.165) is 50.0 Å². The van der Waals surface area contributed by atoms with Crippen LogP contribution >= 0.6 is 0 Å². The monoisotopic (exact) mass is 261 g/mol. The molecule has 1 aromatic carbocycles. The molecule has 0 saturated carbocycles. The first kappa shape index (κ1) is 13.9. The fraction of sp³-hybridized carbons (Fsp3) is 0.500. The van der Waals surface area contributed by atoms with Gasteiger partial charge in [0.15, 0.2) is 11.5 Å². The first-order valence-corrected chi connectivity index (χ1v) is 6.95. The third kappa shape index (κ3) is 4.00. The molecule has 3 nitrogen and oxygen atoms in total. The number of hydrogen-bond donors (Lipinski definition) is 1. The van der Waals surface area contributed by atoms with Gasteiger partial charge in [-0.05, 0) is 56.0 Å². The van der Waals surface area contributed by atoms with E-state index >= 15 is 0 Å². The van der Waals surface area contributed by atoms with Crippen LogP contribution in [0.25, 0.3) is 0 Å². The minimum atomic E-state index is 0.753. The zero-order valence-electron chi connectivity index (χ0n) is 11.7. The van der Waals surface area contributed by atoms with Crippen molar-refractivity contribution in [3.63, 3.8) is 0 Å². The summed E-state index contributed by atoms with van der Waals surface area (Å²) in [4.78, 5) is 0. The summed E-state index contributed by atoms with van der Waals surface area (Å²) in [6.07, 6.45) is 5.11. The molecule has 1 aliphatic heterocycles. The summed E-state index contributed by atoms with van der Waals surface area (Å²) < 4.78 is 11.2. The standard InChI is InChI=1S/C16H23NO2/c1-3-4-13-5-6-15(16(11-13)18-2)19-10-8-14-7-9-17-12-14/h3,5-6,11,14,17H,1,4,7-10,12H2,2H3. The third-order valence-electron chi connectivity index (χ3n) is 3.55. The van der Waals surface area contributed by atoms with Crippen molar-refractivity contribution in [2.24, 2.45) is 5.92 Å². The number of hydrogen-bond acceptors (Lipinski definition) is 3.